The van der Waals surface area contributed by atoms with Crippen LogP contribution in [0.1, 0.15) is 19.6 Å². The Morgan fingerprint density at radius 3 is 3.45 bits per heavy atom. The van der Waals surface area contributed by atoms with Crippen molar-refractivity contribution in [3.05, 3.63) is 6.33 Å². The summed E-state index contributed by atoms with van der Waals surface area (Å²) < 4.78 is 1.49. The van der Waals surface area contributed by atoms with Crippen molar-refractivity contribution in [2.75, 3.05) is 5.32 Å². The molecule has 1 aliphatic rings. The van der Waals surface area contributed by atoms with Gasteiger partial charge in [0.1, 0.15) is 6.33 Å². The van der Waals surface area contributed by atoms with Crippen LogP contribution in [0.15, 0.2) is 6.33 Å². The summed E-state index contributed by atoms with van der Waals surface area (Å²) in [6.07, 6.45) is 1.59. The Hall–Kier alpha value is -1.10. The molecule has 0 aliphatic carbocycles. The molecule has 0 saturated carbocycles. The molecule has 0 radical (unpaired) electrons. The molecule has 60 valence electrons. The number of aromatic nitrogens is 3. The third-order valence-corrected chi connectivity index (χ3v) is 1.80. The van der Waals surface area contributed by atoms with Crippen LogP contribution in [-0.2, 0) is 0 Å². The Balaban J connectivity index is 2.36. The predicted molar refractivity (Wildman–Crippen MR) is 39.0 cm³/mol. The van der Waals surface area contributed by atoms with Crippen LogP contribution in [0.25, 0.3) is 0 Å². The highest BCUT2D eigenvalue weighted by Crippen LogP contribution is 2.21. The number of aliphatic hydroxyl groups is 1. The zero-order chi connectivity index (χ0) is 7.84. The average Bonchev–Trinajstić information content (AvgIpc) is 2.34. The molecule has 0 amide bonds. The van der Waals surface area contributed by atoms with Gasteiger partial charge >= 0.3 is 0 Å². The van der Waals surface area contributed by atoms with Crippen LogP contribution in [0.3, 0.4) is 0 Å². The molecule has 0 saturated heterocycles. The molecule has 5 heteroatoms. The van der Waals surface area contributed by atoms with Crippen LogP contribution in [0.4, 0.5) is 5.95 Å². The first-order chi connectivity index (χ1) is 5.27. The molecule has 2 atom stereocenters. The monoisotopic (exact) mass is 154 g/mol. The van der Waals surface area contributed by atoms with Gasteiger partial charge in [-0.15, -0.1) is 0 Å². The quantitative estimate of drug-likeness (QED) is 0.551. The lowest BCUT2D eigenvalue weighted by Gasteiger charge is -2.25. The van der Waals surface area contributed by atoms with E-state index in [-0.39, 0.29) is 6.04 Å². The molecule has 5 nitrogen and oxygen atoms in total. The lowest BCUT2D eigenvalue weighted by molar-refractivity contribution is 0.0718. The Morgan fingerprint density at radius 1 is 1.82 bits per heavy atom. The Labute approximate surface area is 64.1 Å². The zero-order valence-electron chi connectivity index (χ0n) is 6.23. The summed E-state index contributed by atoms with van der Waals surface area (Å²) >= 11 is 0. The van der Waals surface area contributed by atoms with Crippen LogP contribution in [-0.4, -0.2) is 25.9 Å². The van der Waals surface area contributed by atoms with Gasteiger partial charge in [0.15, 0.2) is 6.23 Å². The number of hydrogen-bond donors (Lipinski definition) is 2. The maximum atomic E-state index is 9.44. The van der Waals surface area contributed by atoms with Gasteiger partial charge in [-0.3, -0.25) is 0 Å². The summed E-state index contributed by atoms with van der Waals surface area (Å²) in [6.45, 7) is 2.00. The van der Waals surface area contributed by atoms with Crippen LogP contribution in [0.5, 0.6) is 0 Å². The number of rotatable bonds is 0. The SMILES string of the molecule is CC1CC(O)n2ncnc2N1. The van der Waals surface area contributed by atoms with Gasteiger partial charge in [-0.25, -0.2) is 4.68 Å². The number of fused-ring (bicyclic) bond motifs is 1. The van der Waals surface area contributed by atoms with E-state index in [0.717, 1.165) is 0 Å². The molecule has 2 N–H and O–H groups in total. The van der Waals surface area contributed by atoms with Gasteiger partial charge in [0.05, 0.1) is 0 Å². The third-order valence-electron chi connectivity index (χ3n) is 1.80. The fourth-order valence-electron chi connectivity index (χ4n) is 1.27. The smallest absolute Gasteiger partial charge is 0.223 e. The zero-order valence-corrected chi connectivity index (χ0v) is 6.23. The van der Waals surface area contributed by atoms with Crippen molar-refractivity contribution in [1.82, 2.24) is 14.8 Å². The number of anilines is 1. The highest BCUT2D eigenvalue weighted by Gasteiger charge is 2.22. The summed E-state index contributed by atoms with van der Waals surface area (Å²) in [4.78, 5) is 3.94. The first kappa shape index (κ1) is 6.60. The van der Waals surface area contributed by atoms with Crippen LogP contribution in [0, 0.1) is 0 Å². The fraction of sp³-hybridized carbons (Fsp3) is 0.667. The molecule has 1 aliphatic heterocycles. The predicted octanol–water partition coefficient (Wildman–Crippen LogP) is -0.0269. The van der Waals surface area contributed by atoms with Gasteiger partial charge < -0.3 is 10.4 Å². The van der Waals surface area contributed by atoms with Gasteiger partial charge in [-0.2, -0.15) is 10.1 Å². The van der Waals surface area contributed by atoms with Crippen molar-refractivity contribution in [2.45, 2.75) is 25.6 Å². The molecule has 0 aromatic carbocycles. The lowest BCUT2D eigenvalue weighted by atomic mass is 10.2. The van der Waals surface area contributed by atoms with Crippen molar-refractivity contribution >= 4 is 5.95 Å². The van der Waals surface area contributed by atoms with Crippen molar-refractivity contribution in [3.63, 3.8) is 0 Å². The molecule has 1 aromatic heterocycles. The summed E-state index contributed by atoms with van der Waals surface area (Å²) in [5.41, 5.74) is 0. The molecule has 2 rings (SSSR count). The first-order valence-corrected chi connectivity index (χ1v) is 3.61. The third kappa shape index (κ3) is 0.970. The largest absolute Gasteiger partial charge is 0.371 e. The number of aliphatic hydroxyl groups excluding tert-OH is 1. The maximum absolute atomic E-state index is 9.44. The molecule has 11 heavy (non-hydrogen) atoms. The topological polar surface area (TPSA) is 63.0 Å². The van der Waals surface area contributed by atoms with Gasteiger partial charge in [0.2, 0.25) is 5.95 Å². The minimum Gasteiger partial charge on any atom is -0.371 e. The summed E-state index contributed by atoms with van der Waals surface area (Å²) in [5.74, 6) is 0.649. The van der Waals surface area contributed by atoms with Gasteiger partial charge in [0, 0.05) is 12.5 Å². The van der Waals surface area contributed by atoms with E-state index in [1.54, 1.807) is 0 Å². The van der Waals surface area contributed by atoms with Crippen molar-refractivity contribution in [1.29, 1.82) is 0 Å². The number of nitrogens with zero attached hydrogens (tertiary/aromatic N) is 3. The van der Waals surface area contributed by atoms with Crippen LogP contribution in [0.2, 0.25) is 0 Å². The van der Waals surface area contributed by atoms with E-state index in [1.165, 1.54) is 11.0 Å². The summed E-state index contributed by atoms with van der Waals surface area (Å²) in [5, 5.41) is 16.4. The second-order valence-corrected chi connectivity index (χ2v) is 2.79. The van der Waals surface area contributed by atoms with Gasteiger partial charge in [0.25, 0.3) is 0 Å². The van der Waals surface area contributed by atoms with E-state index in [0.29, 0.717) is 12.4 Å². The van der Waals surface area contributed by atoms with E-state index < -0.39 is 6.23 Å². The summed E-state index contributed by atoms with van der Waals surface area (Å²) in [7, 11) is 0. The fourth-order valence-corrected chi connectivity index (χ4v) is 1.27. The molecule has 0 bridgehead atoms. The summed E-state index contributed by atoms with van der Waals surface area (Å²) in [6, 6.07) is 0.265. The number of nitrogens with one attached hydrogen (secondary N) is 1. The minimum atomic E-state index is -0.524. The second kappa shape index (κ2) is 2.20. The van der Waals surface area contributed by atoms with E-state index >= 15 is 0 Å². The molecular weight excluding hydrogens is 144 g/mol. The molecule has 2 unspecified atom stereocenters. The molecule has 0 spiro atoms. The van der Waals surface area contributed by atoms with Crippen molar-refractivity contribution in [2.24, 2.45) is 0 Å². The van der Waals surface area contributed by atoms with E-state index in [9.17, 15) is 5.11 Å². The molecular formula is C6H10N4O. The van der Waals surface area contributed by atoms with Gasteiger partial charge in [-0.05, 0) is 6.92 Å². The van der Waals surface area contributed by atoms with E-state index in [1.807, 2.05) is 6.92 Å². The Kier molecular flexibility index (Phi) is 1.32. The number of hydrogen-bond acceptors (Lipinski definition) is 4. The van der Waals surface area contributed by atoms with Crippen LogP contribution < -0.4 is 5.32 Å². The Morgan fingerprint density at radius 2 is 2.64 bits per heavy atom. The normalized spacial score (nSPS) is 29.3. The van der Waals surface area contributed by atoms with Crippen molar-refractivity contribution < 1.29 is 5.11 Å². The molecule has 0 fully saturated rings. The lowest BCUT2D eigenvalue weighted by Crippen LogP contribution is -2.30. The Bertz CT molecular complexity index is 259. The minimum absolute atomic E-state index is 0.265. The standard InChI is InChI=1S/C6H10N4O/c1-4-2-5(11)10-6(9-4)7-3-8-10/h3-5,11H,2H2,1H3,(H,7,8,9). The van der Waals surface area contributed by atoms with Gasteiger partial charge in [-0.1, -0.05) is 0 Å². The first-order valence-electron chi connectivity index (χ1n) is 3.61. The second-order valence-electron chi connectivity index (χ2n) is 2.79. The molecule has 2 heterocycles. The van der Waals surface area contributed by atoms with Crippen LogP contribution >= 0.6 is 0 Å². The van der Waals surface area contributed by atoms with E-state index in [2.05, 4.69) is 15.4 Å². The highest BCUT2D eigenvalue weighted by molar-refractivity contribution is 5.27. The van der Waals surface area contributed by atoms with Crippen molar-refractivity contribution in [3.8, 4) is 0 Å². The highest BCUT2D eigenvalue weighted by atomic mass is 16.3. The average molecular weight is 154 g/mol. The maximum Gasteiger partial charge on any atom is 0.223 e. The van der Waals surface area contributed by atoms with E-state index in [4.69, 9.17) is 0 Å². The molecule has 1 aromatic rings.